The van der Waals surface area contributed by atoms with Gasteiger partial charge in [-0.1, -0.05) is 29.8 Å². The van der Waals surface area contributed by atoms with E-state index >= 15 is 0 Å². The number of carboxylic acids is 1. The normalized spacial score (nSPS) is 19.3. The molecule has 3 N–H and O–H groups in total. The first-order valence-electron chi connectivity index (χ1n) is 7.98. The largest absolute Gasteiger partial charge is 0.480 e. The predicted molar refractivity (Wildman–Crippen MR) is 96.5 cm³/mol. The van der Waals surface area contributed by atoms with Crippen molar-refractivity contribution in [3.05, 3.63) is 74.4 Å². The summed E-state index contributed by atoms with van der Waals surface area (Å²) < 4.78 is 0. The van der Waals surface area contributed by atoms with Gasteiger partial charge in [-0.25, -0.2) is 0 Å². The first kappa shape index (κ1) is 16.6. The maximum atomic E-state index is 11.6. The molecule has 7 nitrogen and oxygen atoms in total. The van der Waals surface area contributed by atoms with Crippen LogP contribution in [0.25, 0.3) is 10.9 Å². The van der Waals surface area contributed by atoms with E-state index in [1.807, 2.05) is 24.3 Å². The van der Waals surface area contributed by atoms with Crippen molar-refractivity contribution in [1.82, 2.24) is 10.3 Å². The van der Waals surface area contributed by atoms with Crippen LogP contribution < -0.4 is 5.32 Å². The molecule has 2 aromatic carbocycles. The van der Waals surface area contributed by atoms with Crippen molar-refractivity contribution >= 4 is 34.2 Å². The third kappa shape index (κ3) is 2.61. The number of hydrogen-bond donors (Lipinski definition) is 3. The number of carboxylic acid groups (broad SMARTS) is 1. The molecule has 0 radical (unpaired) electrons. The van der Waals surface area contributed by atoms with Crippen LogP contribution in [0, 0.1) is 10.1 Å². The molecule has 2 atom stereocenters. The Hall–Kier alpha value is -2.90. The van der Waals surface area contributed by atoms with E-state index < -0.39 is 23.0 Å². The van der Waals surface area contributed by atoms with E-state index in [9.17, 15) is 20.0 Å². The molecule has 1 aliphatic heterocycles. The van der Waals surface area contributed by atoms with Gasteiger partial charge in [0.15, 0.2) is 0 Å². The highest BCUT2D eigenvalue weighted by Crippen LogP contribution is 2.38. The summed E-state index contributed by atoms with van der Waals surface area (Å²) >= 11 is 6.30. The molecular formula is C18H14ClN3O4. The van der Waals surface area contributed by atoms with E-state index in [0.29, 0.717) is 17.0 Å². The van der Waals surface area contributed by atoms with Crippen molar-refractivity contribution in [2.45, 2.75) is 18.5 Å². The average Bonchev–Trinajstić information content (AvgIpc) is 3.00. The second-order valence-electron chi connectivity index (χ2n) is 6.22. The number of non-ortho nitro benzene ring substituents is 1. The number of hydrogen-bond acceptors (Lipinski definition) is 4. The number of H-pyrrole nitrogens is 1. The van der Waals surface area contributed by atoms with E-state index in [1.165, 1.54) is 18.2 Å². The van der Waals surface area contributed by atoms with E-state index in [0.717, 1.165) is 22.2 Å². The van der Waals surface area contributed by atoms with Crippen LogP contribution in [0.3, 0.4) is 0 Å². The van der Waals surface area contributed by atoms with Crippen LogP contribution in [0.15, 0.2) is 42.5 Å². The topological polar surface area (TPSA) is 108 Å². The minimum Gasteiger partial charge on any atom is -0.480 e. The van der Waals surface area contributed by atoms with Gasteiger partial charge in [-0.3, -0.25) is 20.2 Å². The molecule has 8 heteroatoms. The monoisotopic (exact) mass is 371 g/mol. The van der Waals surface area contributed by atoms with Crippen molar-refractivity contribution in [2.24, 2.45) is 0 Å². The molecule has 0 spiro atoms. The zero-order valence-corrected chi connectivity index (χ0v) is 14.2. The average molecular weight is 372 g/mol. The molecule has 26 heavy (non-hydrogen) atoms. The van der Waals surface area contributed by atoms with Gasteiger partial charge in [0.25, 0.3) is 5.69 Å². The van der Waals surface area contributed by atoms with Crippen LogP contribution in [0.5, 0.6) is 0 Å². The third-order valence-electron chi connectivity index (χ3n) is 4.71. The van der Waals surface area contributed by atoms with Crippen molar-refractivity contribution in [3.63, 3.8) is 0 Å². The van der Waals surface area contributed by atoms with Crippen molar-refractivity contribution in [2.75, 3.05) is 0 Å². The highest BCUT2D eigenvalue weighted by Gasteiger charge is 2.35. The molecule has 0 saturated carbocycles. The summed E-state index contributed by atoms with van der Waals surface area (Å²) in [6.45, 7) is 0. The summed E-state index contributed by atoms with van der Waals surface area (Å²) in [5, 5.41) is 25.0. The Morgan fingerprint density at radius 1 is 1.27 bits per heavy atom. The molecule has 132 valence electrons. The van der Waals surface area contributed by atoms with Gasteiger partial charge in [0.2, 0.25) is 0 Å². The molecule has 2 unspecified atom stereocenters. The number of aromatic nitrogens is 1. The van der Waals surface area contributed by atoms with Crippen LogP contribution in [-0.2, 0) is 11.2 Å². The summed E-state index contributed by atoms with van der Waals surface area (Å²) in [7, 11) is 0. The molecule has 0 saturated heterocycles. The number of carbonyl (C=O) groups is 1. The van der Waals surface area contributed by atoms with Gasteiger partial charge in [-0.05, 0) is 17.7 Å². The van der Waals surface area contributed by atoms with E-state index in [4.69, 9.17) is 11.6 Å². The molecule has 0 bridgehead atoms. The number of rotatable bonds is 3. The summed E-state index contributed by atoms with van der Waals surface area (Å²) in [5.41, 5.74) is 2.93. The van der Waals surface area contributed by atoms with Gasteiger partial charge in [-0.2, -0.15) is 0 Å². The number of nitro benzene ring substituents is 1. The Morgan fingerprint density at radius 3 is 2.77 bits per heavy atom. The highest BCUT2D eigenvalue weighted by molar-refractivity contribution is 6.31. The lowest BCUT2D eigenvalue weighted by Crippen LogP contribution is -2.45. The van der Waals surface area contributed by atoms with Crippen molar-refractivity contribution in [1.29, 1.82) is 0 Å². The van der Waals surface area contributed by atoms with E-state index in [1.54, 1.807) is 0 Å². The molecule has 0 amide bonds. The lowest BCUT2D eigenvalue weighted by molar-refractivity contribution is -0.384. The lowest BCUT2D eigenvalue weighted by Gasteiger charge is -2.30. The number of aliphatic carboxylic acids is 1. The zero-order valence-electron chi connectivity index (χ0n) is 13.4. The summed E-state index contributed by atoms with van der Waals surface area (Å²) in [6, 6.07) is 10.4. The van der Waals surface area contributed by atoms with Gasteiger partial charge in [0.1, 0.15) is 6.04 Å². The van der Waals surface area contributed by atoms with Crippen LogP contribution in [0.4, 0.5) is 5.69 Å². The minimum atomic E-state index is -0.979. The summed E-state index contributed by atoms with van der Waals surface area (Å²) in [5.74, 6) is -0.979. The Labute approximate surface area is 152 Å². The third-order valence-corrected chi connectivity index (χ3v) is 5.06. The standard InChI is InChI=1S/C18H14ClN3O4/c19-13-6-5-9(22(25)26)7-12(13)17-16-11(8-15(21-17)18(23)24)10-3-1-2-4-14(10)20-16/h1-7,15,17,20-21H,8H2,(H,23,24). The van der Waals surface area contributed by atoms with Crippen LogP contribution in [0.1, 0.15) is 22.9 Å². The van der Waals surface area contributed by atoms with Gasteiger partial charge in [0, 0.05) is 45.7 Å². The molecule has 3 aromatic rings. The molecular weight excluding hydrogens is 358 g/mol. The maximum Gasteiger partial charge on any atom is 0.321 e. The van der Waals surface area contributed by atoms with Crippen LogP contribution in [0.2, 0.25) is 5.02 Å². The van der Waals surface area contributed by atoms with Crippen molar-refractivity contribution in [3.8, 4) is 0 Å². The number of halogens is 1. The first-order valence-corrected chi connectivity index (χ1v) is 8.35. The first-order chi connectivity index (χ1) is 12.5. The Balaban J connectivity index is 1.93. The Kier molecular flexibility index (Phi) is 3.90. The molecule has 0 aliphatic carbocycles. The predicted octanol–water partition coefficient (Wildman–Crippen LogP) is 3.42. The fourth-order valence-electron chi connectivity index (χ4n) is 3.50. The fourth-order valence-corrected chi connectivity index (χ4v) is 3.73. The number of nitro groups is 1. The lowest BCUT2D eigenvalue weighted by atomic mass is 9.90. The van der Waals surface area contributed by atoms with Gasteiger partial charge in [-0.15, -0.1) is 0 Å². The van der Waals surface area contributed by atoms with Crippen LogP contribution in [-0.4, -0.2) is 27.0 Å². The van der Waals surface area contributed by atoms with Gasteiger partial charge < -0.3 is 10.1 Å². The number of fused-ring (bicyclic) bond motifs is 3. The van der Waals surface area contributed by atoms with Gasteiger partial charge in [0.05, 0.1) is 11.0 Å². The Morgan fingerprint density at radius 2 is 2.04 bits per heavy atom. The summed E-state index contributed by atoms with van der Waals surface area (Å²) in [6.07, 6.45) is 0.317. The fraction of sp³-hybridized carbons (Fsp3) is 0.167. The number of nitrogens with zero attached hydrogens (tertiary/aromatic N) is 1. The van der Waals surface area contributed by atoms with E-state index in [-0.39, 0.29) is 5.69 Å². The quantitative estimate of drug-likeness (QED) is 0.483. The Bertz CT molecular complexity index is 1050. The molecule has 1 aliphatic rings. The zero-order chi connectivity index (χ0) is 18.4. The maximum absolute atomic E-state index is 11.6. The smallest absolute Gasteiger partial charge is 0.321 e. The highest BCUT2D eigenvalue weighted by atomic mass is 35.5. The van der Waals surface area contributed by atoms with Crippen molar-refractivity contribution < 1.29 is 14.8 Å². The number of benzene rings is 2. The molecule has 1 aromatic heterocycles. The SMILES string of the molecule is O=C(O)C1Cc2c([nH]c3ccccc23)C(c2cc([N+](=O)[O-])ccc2Cl)N1. The van der Waals surface area contributed by atoms with Crippen LogP contribution >= 0.6 is 11.6 Å². The number of nitrogens with one attached hydrogen (secondary N) is 2. The minimum absolute atomic E-state index is 0.0960. The second-order valence-corrected chi connectivity index (χ2v) is 6.63. The summed E-state index contributed by atoms with van der Waals surface area (Å²) in [4.78, 5) is 25.6. The van der Waals surface area contributed by atoms with Gasteiger partial charge >= 0.3 is 5.97 Å². The number of aromatic amines is 1. The molecule has 2 heterocycles. The van der Waals surface area contributed by atoms with E-state index in [2.05, 4.69) is 10.3 Å². The molecule has 0 fully saturated rings. The second kappa shape index (κ2) is 6.12. The number of para-hydroxylation sites is 1. The molecule has 4 rings (SSSR count).